The molecule has 1 atom stereocenters. The summed E-state index contributed by atoms with van der Waals surface area (Å²) in [5, 5.41) is 12.5. The molecule has 2 N–H and O–H groups in total. The summed E-state index contributed by atoms with van der Waals surface area (Å²) in [6, 6.07) is 5.95. The van der Waals surface area contributed by atoms with Crippen molar-refractivity contribution in [3.63, 3.8) is 0 Å². The van der Waals surface area contributed by atoms with Crippen LogP contribution in [-0.4, -0.2) is 18.1 Å². The first-order valence-corrected chi connectivity index (χ1v) is 5.50. The van der Waals surface area contributed by atoms with Gasteiger partial charge >= 0.3 is 0 Å². The predicted molar refractivity (Wildman–Crippen MR) is 64.2 cm³/mol. The van der Waals surface area contributed by atoms with Crippen molar-refractivity contribution in [3.05, 3.63) is 34.9 Å². The van der Waals surface area contributed by atoms with Gasteiger partial charge in [0.1, 0.15) is 0 Å². The van der Waals surface area contributed by atoms with E-state index in [9.17, 15) is 9.90 Å². The molecule has 0 aliphatic carbocycles. The Bertz CT molecular complexity index is 374. The molecule has 0 aromatic heterocycles. The highest BCUT2D eigenvalue weighted by molar-refractivity contribution is 5.75. The Hall–Kier alpha value is -1.35. The Kier molecular flexibility index (Phi) is 4.50. The maximum atomic E-state index is 11.1. The zero-order valence-corrected chi connectivity index (χ0v) is 10.1. The van der Waals surface area contributed by atoms with Gasteiger partial charge in [0.2, 0.25) is 5.91 Å². The van der Waals surface area contributed by atoms with Crippen molar-refractivity contribution in [2.45, 2.75) is 32.8 Å². The van der Waals surface area contributed by atoms with E-state index < -0.39 is 6.10 Å². The van der Waals surface area contributed by atoms with Crippen LogP contribution < -0.4 is 5.32 Å². The number of hydrogen-bond donors (Lipinski definition) is 2. The molecular formula is C13H19NO2. The minimum Gasteiger partial charge on any atom is -0.388 e. The molecule has 0 spiro atoms. The monoisotopic (exact) mass is 221 g/mol. The van der Waals surface area contributed by atoms with Crippen molar-refractivity contribution < 1.29 is 9.90 Å². The van der Waals surface area contributed by atoms with Crippen molar-refractivity contribution >= 4 is 5.91 Å². The summed E-state index contributed by atoms with van der Waals surface area (Å²) >= 11 is 0. The number of aliphatic hydroxyl groups is 1. The quantitative estimate of drug-likeness (QED) is 0.815. The largest absolute Gasteiger partial charge is 0.388 e. The van der Waals surface area contributed by atoms with Gasteiger partial charge in [0.05, 0.1) is 6.10 Å². The van der Waals surface area contributed by atoms with Crippen LogP contribution in [0, 0.1) is 13.8 Å². The Balaban J connectivity index is 2.65. The number of rotatable bonds is 4. The molecule has 0 saturated heterocycles. The standard InChI is InChI=1S/C13H19NO2/c1-9-4-5-11(10(2)8-9)12(15)6-7-13(16)14-3/h4-5,8,12,15H,6-7H2,1-3H3,(H,14,16). The molecule has 0 saturated carbocycles. The molecule has 88 valence electrons. The van der Waals surface area contributed by atoms with E-state index in [4.69, 9.17) is 0 Å². The number of benzene rings is 1. The number of hydrogen-bond acceptors (Lipinski definition) is 2. The van der Waals surface area contributed by atoms with Gasteiger partial charge in [-0.1, -0.05) is 23.8 Å². The number of amides is 1. The van der Waals surface area contributed by atoms with Crippen LogP contribution in [0.3, 0.4) is 0 Å². The van der Waals surface area contributed by atoms with E-state index >= 15 is 0 Å². The minimum atomic E-state index is -0.558. The highest BCUT2D eigenvalue weighted by atomic mass is 16.3. The Morgan fingerprint density at radius 2 is 2.12 bits per heavy atom. The molecule has 3 heteroatoms. The number of carbonyl (C=O) groups excluding carboxylic acids is 1. The molecule has 1 aromatic carbocycles. The molecule has 0 aliphatic heterocycles. The first-order valence-electron chi connectivity index (χ1n) is 5.50. The molecule has 1 aromatic rings. The Labute approximate surface area is 96.5 Å². The van der Waals surface area contributed by atoms with E-state index in [-0.39, 0.29) is 5.91 Å². The zero-order chi connectivity index (χ0) is 12.1. The van der Waals surface area contributed by atoms with Gasteiger partial charge in [-0.05, 0) is 31.4 Å². The van der Waals surface area contributed by atoms with E-state index in [1.807, 2.05) is 32.0 Å². The lowest BCUT2D eigenvalue weighted by molar-refractivity contribution is -0.121. The third kappa shape index (κ3) is 3.35. The number of nitrogens with one attached hydrogen (secondary N) is 1. The van der Waals surface area contributed by atoms with Crippen LogP contribution in [0.1, 0.15) is 35.6 Å². The van der Waals surface area contributed by atoms with E-state index in [1.165, 1.54) is 5.56 Å². The average molecular weight is 221 g/mol. The van der Waals surface area contributed by atoms with Crippen LogP contribution in [-0.2, 0) is 4.79 Å². The summed E-state index contributed by atoms with van der Waals surface area (Å²) in [5.41, 5.74) is 3.17. The fourth-order valence-electron chi connectivity index (χ4n) is 1.75. The van der Waals surface area contributed by atoms with Crippen LogP contribution in [0.5, 0.6) is 0 Å². The highest BCUT2D eigenvalue weighted by Crippen LogP contribution is 2.22. The summed E-state index contributed by atoms with van der Waals surface area (Å²) in [6.07, 6.45) is 0.257. The molecule has 1 amide bonds. The van der Waals surface area contributed by atoms with Crippen LogP contribution in [0.15, 0.2) is 18.2 Å². The van der Waals surface area contributed by atoms with Crippen molar-refractivity contribution in [1.82, 2.24) is 5.32 Å². The van der Waals surface area contributed by atoms with Crippen LogP contribution in [0.4, 0.5) is 0 Å². The molecule has 3 nitrogen and oxygen atoms in total. The first kappa shape index (κ1) is 12.7. The summed E-state index contributed by atoms with van der Waals surface area (Å²) < 4.78 is 0. The van der Waals surface area contributed by atoms with E-state index in [1.54, 1.807) is 7.05 Å². The van der Waals surface area contributed by atoms with Gasteiger partial charge in [-0.3, -0.25) is 4.79 Å². The molecular weight excluding hydrogens is 202 g/mol. The Morgan fingerprint density at radius 1 is 1.44 bits per heavy atom. The van der Waals surface area contributed by atoms with Gasteiger partial charge < -0.3 is 10.4 Å². The van der Waals surface area contributed by atoms with E-state index in [0.29, 0.717) is 12.8 Å². The normalized spacial score (nSPS) is 12.2. The van der Waals surface area contributed by atoms with Gasteiger partial charge in [-0.25, -0.2) is 0 Å². The Morgan fingerprint density at radius 3 is 2.69 bits per heavy atom. The minimum absolute atomic E-state index is 0.0381. The summed E-state index contributed by atoms with van der Waals surface area (Å²) in [4.78, 5) is 11.1. The molecule has 0 fully saturated rings. The number of carbonyl (C=O) groups is 1. The molecule has 0 heterocycles. The third-order valence-electron chi connectivity index (χ3n) is 2.71. The first-order chi connectivity index (χ1) is 7.54. The van der Waals surface area contributed by atoms with Gasteiger partial charge in [0.25, 0.3) is 0 Å². The second-order valence-electron chi connectivity index (χ2n) is 4.09. The van der Waals surface area contributed by atoms with Gasteiger partial charge in [-0.15, -0.1) is 0 Å². The van der Waals surface area contributed by atoms with Crippen LogP contribution in [0.25, 0.3) is 0 Å². The molecule has 1 rings (SSSR count). The lowest BCUT2D eigenvalue weighted by atomic mass is 9.98. The van der Waals surface area contributed by atoms with E-state index in [2.05, 4.69) is 5.32 Å². The van der Waals surface area contributed by atoms with Crippen molar-refractivity contribution in [1.29, 1.82) is 0 Å². The fourth-order valence-corrected chi connectivity index (χ4v) is 1.75. The van der Waals surface area contributed by atoms with Crippen molar-refractivity contribution in [2.24, 2.45) is 0 Å². The SMILES string of the molecule is CNC(=O)CCC(O)c1ccc(C)cc1C. The smallest absolute Gasteiger partial charge is 0.219 e. The average Bonchev–Trinajstić information content (AvgIpc) is 2.25. The molecule has 0 radical (unpaired) electrons. The van der Waals surface area contributed by atoms with Gasteiger partial charge in [0, 0.05) is 13.5 Å². The number of aryl methyl sites for hydroxylation is 2. The maximum Gasteiger partial charge on any atom is 0.219 e. The summed E-state index contributed by atoms with van der Waals surface area (Å²) in [5.74, 6) is -0.0381. The molecule has 1 unspecified atom stereocenters. The lowest BCUT2D eigenvalue weighted by Crippen LogP contribution is -2.18. The van der Waals surface area contributed by atoms with Gasteiger partial charge in [0.15, 0.2) is 0 Å². The van der Waals surface area contributed by atoms with Crippen LogP contribution >= 0.6 is 0 Å². The second-order valence-corrected chi connectivity index (χ2v) is 4.09. The summed E-state index contributed by atoms with van der Waals surface area (Å²) in [6.45, 7) is 4.00. The zero-order valence-electron chi connectivity index (χ0n) is 10.1. The fraction of sp³-hybridized carbons (Fsp3) is 0.462. The maximum absolute atomic E-state index is 11.1. The summed E-state index contributed by atoms with van der Waals surface area (Å²) in [7, 11) is 1.60. The predicted octanol–water partition coefficient (Wildman–Crippen LogP) is 1.86. The van der Waals surface area contributed by atoms with Crippen LogP contribution in [0.2, 0.25) is 0 Å². The molecule has 0 aliphatic rings. The number of aliphatic hydroxyl groups excluding tert-OH is 1. The van der Waals surface area contributed by atoms with E-state index in [0.717, 1.165) is 11.1 Å². The van der Waals surface area contributed by atoms with Gasteiger partial charge in [-0.2, -0.15) is 0 Å². The topological polar surface area (TPSA) is 49.3 Å². The third-order valence-corrected chi connectivity index (χ3v) is 2.71. The van der Waals surface area contributed by atoms with Crippen molar-refractivity contribution in [3.8, 4) is 0 Å². The highest BCUT2D eigenvalue weighted by Gasteiger charge is 2.11. The lowest BCUT2D eigenvalue weighted by Gasteiger charge is -2.13. The second kappa shape index (κ2) is 5.66. The van der Waals surface area contributed by atoms with Crippen molar-refractivity contribution in [2.75, 3.05) is 7.05 Å². The molecule has 16 heavy (non-hydrogen) atoms. The molecule has 0 bridgehead atoms.